The summed E-state index contributed by atoms with van der Waals surface area (Å²) in [5.41, 5.74) is 0.0891. The molecule has 1 heterocycles. The van der Waals surface area contributed by atoms with Crippen LogP contribution in [0.25, 0.3) is 0 Å². The second-order valence-corrected chi connectivity index (χ2v) is 4.84. The lowest BCUT2D eigenvalue weighted by Gasteiger charge is -2.36. The molecule has 1 aromatic rings. The zero-order valence-electron chi connectivity index (χ0n) is 12.9. The number of halogens is 5. The maximum Gasteiger partial charge on any atom is 0.408 e. The van der Waals surface area contributed by atoms with Crippen molar-refractivity contribution in [1.29, 1.82) is 0 Å². The number of rotatable bonds is 4. The van der Waals surface area contributed by atoms with E-state index < -0.39 is 12.2 Å². The summed E-state index contributed by atoms with van der Waals surface area (Å²) in [6, 6.07) is 2.81. The lowest BCUT2D eigenvalue weighted by atomic mass is 10.0. The molecule has 0 bridgehead atoms. The third-order valence-electron chi connectivity index (χ3n) is 3.56. The number of nitrogens with one attached hydrogen (secondary N) is 1. The number of alkyl halides is 3. The molecule has 2 rings (SSSR count). The molecule has 1 aromatic carbocycles. The standard InChI is InChI=1S/C14H19F3N2O2.2ClH/c1-20-10-3-4-12(21-2)11(9-10)13(14(15,16)17)19-7-5-18-6-8-19;;/h3-4,9,13,18H,5-8H2,1-2H3;2*1H/t13-;;/m0../s1. The van der Waals surface area contributed by atoms with E-state index in [4.69, 9.17) is 9.47 Å². The van der Waals surface area contributed by atoms with Crippen LogP contribution in [0.1, 0.15) is 11.6 Å². The van der Waals surface area contributed by atoms with E-state index >= 15 is 0 Å². The Hall–Kier alpha value is -0.890. The van der Waals surface area contributed by atoms with Crippen LogP contribution in [0.15, 0.2) is 18.2 Å². The molecule has 0 unspecified atom stereocenters. The lowest BCUT2D eigenvalue weighted by molar-refractivity contribution is -0.188. The van der Waals surface area contributed by atoms with Crippen molar-refractivity contribution in [2.24, 2.45) is 0 Å². The van der Waals surface area contributed by atoms with Gasteiger partial charge in [-0.1, -0.05) is 0 Å². The molecule has 0 saturated carbocycles. The molecule has 0 amide bonds. The van der Waals surface area contributed by atoms with E-state index in [1.54, 1.807) is 6.07 Å². The third-order valence-corrected chi connectivity index (χ3v) is 3.56. The van der Waals surface area contributed by atoms with Crippen LogP contribution in [-0.2, 0) is 0 Å². The molecule has 0 aliphatic carbocycles. The number of hydrogen-bond donors (Lipinski definition) is 1. The van der Waals surface area contributed by atoms with E-state index in [0.29, 0.717) is 31.9 Å². The molecule has 1 aliphatic rings. The van der Waals surface area contributed by atoms with E-state index in [1.807, 2.05) is 0 Å². The van der Waals surface area contributed by atoms with E-state index in [2.05, 4.69) is 5.32 Å². The fraction of sp³-hybridized carbons (Fsp3) is 0.571. The number of piperazine rings is 1. The van der Waals surface area contributed by atoms with Crippen LogP contribution in [0.2, 0.25) is 0 Å². The molecule has 4 nitrogen and oxygen atoms in total. The SMILES string of the molecule is COc1ccc(OC)c([C@H](N2CCNCC2)C(F)(F)F)c1.Cl.Cl. The van der Waals surface area contributed by atoms with Crippen LogP contribution in [-0.4, -0.2) is 51.5 Å². The van der Waals surface area contributed by atoms with Gasteiger partial charge in [0.1, 0.15) is 17.5 Å². The Morgan fingerprint density at radius 2 is 1.70 bits per heavy atom. The highest BCUT2D eigenvalue weighted by Gasteiger charge is 2.46. The number of ether oxygens (including phenoxy) is 2. The Morgan fingerprint density at radius 1 is 1.09 bits per heavy atom. The average molecular weight is 377 g/mol. The Kier molecular flexibility index (Phi) is 9.05. The summed E-state index contributed by atoms with van der Waals surface area (Å²) in [4.78, 5) is 1.42. The number of methoxy groups -OCH3 is 2. The minimum Gasteiger partial charge on any atom is -0.497 e. The first-order valence-corrected chi connectivity index (χ1v) is 6.70. The normalized spacial score (nSPS) is 16.7. The van der Waals surface area contributed by atoms with Crippen molar-refractivity contribution < 1.29 is 22.6 Å². The zero-order chi connectivity index (χ0) is 15.5. The second kappa shape index (κ2) is 9.42. The van der Waals surface area contributed by atoms with Gasteiger partial charge >= 0.3 is 6.18 Å². The van der Waals surface area contributed by atoms with Gasteiger partial charge in [-0.05, 0) is 18.2 Å². The van der Waals surface area contributed by atoms with Gasteiger partial charge in [-0.15, -0.1) is 24.8 Å². The van der Waals surface area contributed by atoms with Crippen molar-refractivity contribution >= 4 is 24.8 Å². The highest BCUT2D eigenvalue weighted by atomic mass is 35.5. The Morgan fingerprint density at radius 3 is 2.17 bits per heavy atom. The smallest absolute Gasteiger partial charge is 0.408 e. The van der Waals surface area contributed by atoms with Gasteiger partial charge in [0.2, 0.25) is 0 Å². The Labute approximate surface area is 146 Å². The van der Waals surface area contributed by atoms with Gasteiger partial charge in [0, 0.05) is 31.7 Å². The molecule has 1 N–H and O–H groups in total. The van der Waals surface area contributed by atoms with Crippen molar-refractivity contribution in [2.75, 3.05) is 40.4 Å². The summed E-state index contributed by atoms with van der Waals surface area (Å²) in [6.07, 6.45) is -4.38. The molecule has 0 aromatic heterocycles. The molecule has 1 atom stereocenters. The van der Waals surface area contributed by atoms with Gasteiger partial charge in [0.15, 0.2) is 0 Å². The zero-order valence-corrected chi connectivity index (χ0v) is 14.5. The van der Waals surface area contributed by atoms with Crippen LogP contribution in [0.3, 0.4) is 0 Å². The monoisotopic (exact) mass is 376 g/mol. The van der Waals surface area contributed by atoms with Gasteiger partial charge < -0.3 is 14.8 Å². The molecule has 1 fully saturated rings. The van der Waals surface area contributed by atoms with E-state index in [1.165, 1.54) is 31.3 Å². The molecule has 1 saturated heterocycles. The molecular weight excluding hydrogens is 356 g/mol. The predicted octanol–water partition coefficient (Wildman–Crippen LogP) is 3.06. The predicted molar refractivity (Wildman–Crippen MR) is 87.3 cm³/mol. The van der Waals surface area contributed by atoms with Crippen LogP contribution in [0, 0.1) is 0 Å². The topological polar surface area (TPSA) is 33.7 Å². The summed E-state index contributed by atoms with van der Waals surface area (Å²) in [5.74, 6) is 0.604. The second-order valence-electron chi connectivity index (χ2n) is 4.84. The number of benzene rings is 1. The van der Waals surface area contributed by atoms with E-state index in [0.717, 1.165) is 0 Å². The summed E-state index contributed by atoms with van der Waals surface area (Å²) in [7, 11) is 2.80. The highest BCUT2D eigenvalue weighted by Crippen LogP contribution is 2.42. The Bertz CT molecular complexity index is 484. The van der Waals surface area contributed by atoms with Crippen molar-refractivity contribution in [3.63, 3.8) is 0 Å². The van der Waals surface area contributed by atoms with Crippen LogP contribution >= 0.6 is 24.8 Å². The maximum atomic E-state index is 13.6. The van der Waals surface area contributed by atoms with Gasteiger partial charge in [-0.3, -0.25) is 4.90 Å². The minimum absolute atomic E-state index is 0. The summed E-state index contributed by atoms with van der Waals surface area (Å²) in [5, 5.41) is 3.06. The molecule has 23 heavy (non-hydrogen) atoms. The Balaban J connectivity index is 0.00000242. The average Bonchev–Trinajstić information content (AvgIpc) is 2.47. The highest BCUT2D eigenvalue weighted by molar-refractivity contribution is 5.85. The fourth-order valence-corrected chi connectivity index (χ4v) is 2.57. The maximum absolute atomic E-state index is 13.6. The quantitative estimate of drug-likeness (QED) is 0.875. The van der Waals surface area contributed by atoms with Crippen LogP contribution in [0.5, 0.6) is 11.5 Å². The van der Waals surface area contributed by atoms with Crippen molar-refractivity contribution in [1.82, 2.24) is 10.2 Å². The summed E-state index contributed by atoms with van der Waals surface area (Å²) < 4.78 is 50.9. The molecule has 134 valence electrons. The van der Waals surface area contributed by atoms with Gasteiger partial charge in [-0.2, -0.15) is 13.2 Å². The summed E-state index contributed by atoms with van der Waals surface area (Å²) >= 11 is 0. The molecule has 9 heteroatoms. The van der Waals surface area contributed by atoms with Crippen molar-refractivity contribution in [3.05, 3.63) is 23.8 Å². The molecule has 1 aliphatic heterocycles. The number of hydrogen-bond acceptors (Lipinski definition) is 4. The fourth-order valence-electron chi connectivity index (χ4n) is 2.57. The van der Waals surface area contributed by atoms with E-state index in [9.17, 15) is 13.2 Å². The molecule has 0 radical (unpaired) electrons. The molecule has 0 spiro atoms. The molecular formula is C14H21Cl2F3N2O2. The van der Waals surface area contributed by atoms with Crippen LogP contribution < -0.4 is 14.8 Å². The first-order chi connectivity index (χ1) is 9.97. The first-order valence-electron chi connectivity index (χ1n) is 6.70. The number of nitrogens with zero attached hydrogens (tertiary/aromatic N) is 1. The van der Waals surface area contributed by atoms with Gasteiger partial charge in [-0.25, -0.2) is 0 Å². The summed E-state index contributed by atoms with van der Waals surface area (Å²) in [6.45, 7) is 1.76. The van der Waals surface area contributed by atoms with E-state index in [-0.39, 0.29) is 36.1 Å². The third kappa shape index (κ3) is 5.31. The largest absolute Gasteiger partial charge is 0.497 e. The van der Waals surface area contributed by atoms with Crippen LogP contribution in [0.4, 0.5) is 13.2 Å². The first kappa shape index (κ1) is 22.1. The van der Waals surface area contributed by atoms with Gasteiger partial charge in [0.05, 0.1) is 14.2 Å². The van der Waals surface area contributed by atoms with Crippen molar-refractivity contribution in [3.8, 4) is 11.5 Å². The van der Waals surface area contributed by atoms with Gasteiger partial charge in [0.25, 0.3) is 0 Å². The minimum atomic E-state index is -4.38. The lowest BCUT2D eigenvalue weighted by Crippen LogP contribution is -2.49. The van der Waals surface area contributed by atoms with Crippen molar-refractivity contribution in [2.45, 2.75) is 12.2 Å².